The maximum atomic E-state index is 12.9. The predicted octanol–water partition coefficient (Wildman–Crippen LogP) is 2.71. The van der Waals surface area contributed by atoms with Crippen molar-refractivity contribution in [3.05, 3.63) is 71.5 Å². The average Bonchev–Trinajstić information content (AvgIpc) is 3.11. The van der Waals surface area contributed by atoms with Crippen LogP contribution in [0.4, 0.5) is 5.69 Å². The normalized spacial score (nSPS) is 11.9. The molecule has 122 valence electrons. The minimum atomic E-state index is -0.512. The molecule has 0 aliphatic heterocycles. The van der Waals surface area contributed by atoms with Crippen LogP contribution >= 0.6 is 0 Å². The number of anilines is 1. The Labute approximate surface area is 140 Å². The average molecular weight is 321 g/mol. The van der Waals surface area contributed by atoms with Gasteiger partial charge in [0.05, 0.1) is 0 Å². The Bertz CT molecular complexity index is 815. The minimum absolute atomic E-state index is 0.139. The summed E-state index contributed by atoms with van der Waals surface area (Å²) < 4.78 is 1.49. The molecule has 6 heteroatoms. The molecule has 0 aliphatic carbocycles. The Kier molecular flexibility index (Phi) is 4.65. The summed E-state index contributed by atoms with van der Waals surface area (Å²) in [6.07, 6.45) is 1.98. The van der Waals surface area contributed by atoms with Gasteiger partial charge in [-0.2, -0.15) is 0 Å². The standard InChI is InChI=1S/C18H19N5O/c1-13-8-9-14(2)16(10-13)20-18(24)17(23-12-19-21-22-23)11-15-6-4-3-5-7-15/h3-10,12,17H,11H2,1-2H3,(H,20,24)/t17-/m1/s1. The number of carbonyl (C=O) groups is 1. The molecule has 1 atom stereocenters. The van der Waals surface area contributed by atoms with Gasteiger partial charge >= 0.3 is 0 Å². The van der Waals surface area contributed by atoms with E-state index in [2.05, 4.69) is 20.8 Å². The van der Waals surface area contributed by atoms with Crippen LogP contribution in [0.1, 0.15) is 22.7 Å². The van der Waals surface area contributed by atoms with E-state index in [4.69, 9.17) is 0 Å². The van der Waals surface area contributed by atoms with Crippen molar-refractivity contribution in [1.82, 2.24) is 20.2 Å². The third-order valence-corrected chi connectivity index (χ3v) is 3.91. The number of aromatic nitrogens is 4. The van der Waals surface area contributed by atoms with E-state index in [-0.39, 0.29) is 5.91 Å². The molecule has 0 radical (unpaired) electrons. The lowest BCUT2D eigenvalue weighted by Crippen LogP contribution is -2.28. The van der Waals surface area contributed by atoms with Crippen molar-refractivity contribution < 1.29 is 4.79 Å². The van der Waals surface area contributed by atoms with Gasteiger partial charge in [0.1, 0.15) is 12.4 Å². The van der Waals surface area contributed by atoms with E-state index in [1.165, 1.54) is 11.0 Å². The topological polar surface area (TPSA) is 72.7 Å². The first-order chi connectivity index (χ1) is 11.6. The molecule has 0 aliphatic rings. The zero-order valence-corrected chi connectivity index (χ0v) is 13.7. The van der Waals surface area contributed by atoms with Crippen molar-refractivity contribution in [3.63, 3.8) is 0 Å². The van der Waals surface area contributed by atoms with E-state index < -0.39 is 6.04 Å². The van der Waals surface area contributed by atoms with Gasteiger partial charge in [-0.3, -0.25) is 4.79 Å². The molecule has 3 rings (SSSR count). The molecule has 1 N–H and O–H groups in total. The molecule has 0 fully saturated rings. The molecule has 0 bridgehead atoms. The molecule has 0 saturated heterocycles. The fraction of sp³-hybridized carbons (Fsp3) is 0.222. The van der Waals surface area contributed by atoms with Gasteiger partial charge in [0, 0.05) is 12.1 Å². The van der Waals surface area contributed by atoms with Gasteiger partial charge in [0.25, 0.3) is 0 Å². The van der Waals surface area contributed by atoms with Gasteiger partial charge < -0.3 is 5.32 Å². The fourth-order valence-electron chi connectivity index (χ4n) is 2.54. The first-order valence-electron chi connectivity index (χ1n) is 7.78. The molecule has 2 aromatic carbocycles. The van der Waals surface area contributed by atoms with E-state index in [9.17, 15) is 4.79 Å². The predicted molar refractivity (Wildman–Crippen MR) is 91.5 cm³/mol. The Hall–Kier alpha value is -3.02. The Morgan fingerprint density at radius 3 is 2.67 bits per heavy atom. The van der Waals surface area contributed by atoms with Crippen LogP contribution in [0, 0.1) is 13.8 Å². The maximum absolute atomic E-state index is 12.9. The first-order valence-corrected chi connectivity index (χ1v) is 7.78. The fourth-order valence-corrected chi connectivity index (χ4v) is 2.54. The molecular formula is C18H19N5O. The molecule has 1 heterocycles. The number of hydrogen-bond acceptors (Lipinski definition) is 4. The number of tetrazole rings is 1. The Morgan fingerprint density at radius 1 is 1.17 bits per heavy atom. The van der Waals surface area contributed by atoms with Gasteiger partial charge in [-0.05, 0) is 47.0 Å². The lowest BCUT2D eigenvalue weighted by atomic mass is 10.0. The van der Waals surface area contributed by atoms with E-state index >= 15 is 0 Å². The highest BCUT2D eigenvalue weighted by Gasteiger charge is 2.23. The zero-order valence-electron chi connectivity index (χ0n) is 13.7. The monoisotopic (exact) mass is 321 g/mol. The van der Waals surface area contributed by atoms with Crippen LogP contribution in [0.3, 0.4) is 0 Å². The van der Waals surface area contributed by atoms with Crippen molar-refractivity contribution in [2.75, 3.05) is 5.32 Å². The second-order valence-electron chi connectivity index (χ2n) is 5.80. The lowest BCUT2D eigenvalue weighted by Gasteiger charge is -2.17. The third-order valence-electron chi connectivity index (χ3n) is 3.91. The smallest absolute Gasteiger partial charge is 0.249 e. The molecule has 6 nitrogen and oxygen atoms in total. The van der Waals surface area contributed by atoms with Crippen LogP contribution in [0.2, 0.25) is 0 Å². The minimum Gasteiger partial charge on any atom is -0.324 e. The van der Waals surface area contributed by atoms with Crippen molar-refractivity contribution in [2.24, 2.45) is 0 Å². The van der Waals surface area contributed by atoms with E-state index in [1.54, 1.807) is 0 Å². The number of hydrogen-bond donors (Lipinski definition) is 1. The molecule has 3 aromatic rings. The van der Waals surface area contributed by atoms with Crippen molar-refractivity contribution >= 4 is 11.6 Å². The van der Waals surface area contributed by atoms with Crippen LogP contribution in [-0.4, -0.2) is 26.1 Å². The second-order valence-corrected chi connectivity index (χ2v) is 5.80. The molecule has 24 heavy (non-hydrogen) atoms. The number of amides is 1. The summed E-state index contributed by atoms with van der Waals surface area (Å²) in [4.78, 5) is 12.9. The highest BCUT2D eigenvalue weighted by Crippen LogP contribution is 2.20. The van der Waals surface area contributed by atoms with Gasteiger partial charge in [-0.1, -0.05) is 42.5 Å². The van der Waals surface area contributed by atoms with Crippen LogP contribution in [0.5, 0.6) is 0 Å². The number of nitrogens with zero attached hydrogens (tertiary/aromatic N) is 4. The van der Waals surface area contributed by atoms with Gasteiger partial charge in [-0.15, -0.1) is 5.10 Å². The van der Waals surface area contributed by atoms with Crippen molar-refractivity contribution in [1.29, 1.82) is 0 Å². The summed E-state index contributed by atoms with van der Waals surface area (Å²) in [6.45, 7) is 3.97. The Morgan fingerprint density at radius 2 is 1.96 bits per heavy atom. The summed E-state index contributed by atoms with van der Waals surface area (Å²) in [5.41, 5.74) is 3.97. The van der Waals surface area contributed by atoms with Crippen LogP contribution in [-0.2, 0) is 11.2 Å². The SMILES string of the molecule is Cc1ccc(C)c(NC(=O)[C@@H](Cc2ccccc2)n2cnnn2)c1. The molecule has 0 saturated carbocycles. The lowest BCUT2D eigenvalue weighted by molar-refractivity contribution is -0.119. The molecular weight excluding hydrogens is 302 g/mol. The maximum Gasteiger partial charge on any atom is 0.249 e. The third kappa shape index (κ3) is 3.65. The van der Waals surface area contributed by atoms with Crippen molar-refractivity contribution in [3.8, 4) is 0 Å². The molecule has 1 amide bonds. The number of benzene rings is 2. The van der Waals surface area contributed by atoms with E-state index in [1.807, 2.05) is 62.4 Å². The van der Waals surface area contributed by atoms with Crippen LogP contribution in [0.15, 0.2) is 54.9 Å². The molecule has 0 unspecified atom stereocenters. The van der Waals surface area contributed by atoms with E-state index in [0.29, 0.717) is 6.42 Å². The van der Waals surface area contributed by atoms with E-state index in [0.717, 1.165) is 22.4 Å². The highest BCUT2D eigenvalue weighted by atomic mass is 16.2. The van der Waals surface area contributed by atoms with Crippen LogP contribution < -0.4 is 5.32 Å². The van der Waals surface area contributed by atoms with Crippen LogP contribution in [0.25, 0.3) is 0 Å². The summed E-state index contributed by atoms with van der Waals surface area (Å²) in [7, 11) is 0. The van der Waals surface area contributed by atoms with Gasteiger partial charge in [-0.25, -0.2) is 4.68 Å². The number of nitrogens with one attached hydrogen (secondary N) is 1. The number of rotatable bonds is 5. The number of aryl methyl sites for hydroxylation is 2. The second kappa shape index (κ2) is 7.04. The summed E-state index contributed by atoms with van der Waals surface area (Å²) in [5, 5.41) is 14.2. The summed E-state index contributed by atoms with van der Waals surface area (Å²) in [5.74, 6) is -0.139. The summed E-state index contributed by atoms with van der Waals surface area (Å²) in [6, 6.07) is 15.3. The largest absolute Gasteiger partial charge is 0.324 e. The summed E-state index contributed by atoms with van der Waals surface area (Å²) >= 11 is 0. The quantitative estimate of drug-likeness (QED) is 0.784. The molecule has 1 aromatic heterocycles. The number of carbonyl (C=O) groups excluding carboxylic acids is 1. The highest BCUT2D eigenvalue weighted by molar-refractivity contribution is 5.94. The molecule has 0 spiro atoms. The zero-order chi connectivity index (χ0) is 16.9. The Balaban J connectivity index is 1.85. The van der Waals surface area contributed by atoms with Gasteiger partial charge in [0.2, 0.25) is 5.91 Å². The first kappa shape index (κ1) is 15.9. The van der Waals surface area contributed by atoms with Crippen molar-refractivity contribution in [2.45, 2.75) is 26.3 Å². The van der Waals surface area contributed by atoms with Gasteiger partial charge in [0.15, 0.2) is 0 Å².